The second-order valence-electron chi connectivity index (χ2n) is 3.20. The van der Waals surface area contributed by atoms with Gasteiger partial charge in [0.05, 0.1) is 10.7 Å². The molecule has 2 heteroatoms. The molecular formula is C9H12N2. The van der Waals surface area contributed by atoms with Gasteiger partial charge in [0, 0.05) is 0 Å². The summed E-state index contributed by atoms with van der Waals surface area (Å²) in [7, 11) is 0. The van der Waals surface area contributed by atoms with Gasteiger partial charge in [-0.15, -0.1) is 0 Å². The summed E-state index contributed by atoms with van der Waals surface area (Å²) in [6.45, 7) is 4.21. The average Bonchev–Trinajstić information content (AvgIpc) is 2.27. The van der Waals surface area contributed by atoms with Crippen molar-refractivity contribution >= 4 is 12.2 Å². The zero-order valence-electron chi connectivity index (χ0n) is 6.89. The second-order valence-corrected chi connectivity index (χ2v) is 3.20. The van der Waals surface area contributed by atoms with Crippen molar-refractivity contribution in [2.45, 2.75) is 20.3 Å². The highest BCUT2D eigenvalue weighted by molar-refractivity contribution is 5.35. The van der Waals surface area contributed by atoms with Crippen molar-refractivity contribution in [2.75, 3.05) is 0 Å². The third kappa shape index (κ3) is 1.09. The van der Waals surface area contributed by atoms with E-state index in [1.807, 2.05) is 6.92 Å². The van der Waals surface area contributed by atoms with Crippen molar-refractivity contribution in [1.29, 1.82) is 0 Å². The van der Waals surface area contributed by atoms with Crippen molar-refractivity contribution in [2.24, 2.45) is 5.92 Å². The molecule has 0 bridgehead atoms. The van der Waals surface area contributed by atoms with Gasteiger partial charge >= 0.3 is 0 Å². The second kappa shape index (κ2) is 2.22. The molecule has 0 fully saturated rings. The zero-order chi connectivity index (χ0) is 7.84. The Balaban J connectivity index is 2.72. The monoisotopic (exact) mass is 148 g/mol. The summed E-state index contributed by atoms with van der Waals surface area (Å²) in [5, 5.41) is 2.32. The van der Waals surface area contributed by atoms with E-state index >= 15 is 0 Å². The molecule has 0 aliphatic heterocycles. The van der Waals surface area contributed by atoms with Crippen molar-refractivity contribution in [3.8, 4) is 0 Å². The molecule has 11 heavy (non-hydrogen) atoms. The Labute approximate surface area is 65.7 Å². The number of aryl methyl sites for hydroxylation is 1. The molecule has 0 saturated carbocycles. The van der Waals surface area contributed by atoms with Crippen molar-refractivity contribution in [3.63, 3.8) is 0 Å². The summed E-state index contributed by atoms with van der Waals surface area (Å²) in [5.41, 5.74) is 0. The largest absolute Gasteiger partial charge is 0.342 e. The molecule has 0 saturated heterocycles. The smallest absolute Gasteiger partial charge is 0.104 e. The highest BCUT2D eigenvalue weighted by Gasteiger charge is 2.02. The van der Waals surface area contributed by atoms with Crippen LogP contribution in [0.15, 0.2) is 0 Å². The van der Waals surface area contributed by atoms with Crippen LogP contribution in [0.1, 0.15) is 19.2 Å². The maximum absolute atomic E-state index is 4.34. The molecule has 1 aliphatic carbocycles. The predicted molar refractivity (Wildman–Crippen MR) is 45.3 cm³/mol. The van der Waals surface area contributed by atoms with Crippen LogP contribution in [0.2, 0.25) is 0 Å². The Kier molecular flexibility index (Phi) is 1.34. The minimum absolute atomic E-state index is 0.655. The van der Waals surface area contributed by atoms with Crippen molar-refractivity contribution in [1.82, 2.24) is 9.97 Å². The number of rotatable bonds is 0. The lowest BCUT2D eigenvalue weighted by atomic mass is 10.0. The summed E-state index contributed by atoms with van der Waals surface area (Å²) in [5.74, 6) is 1.67. The van der Waals surface area contributed by atoms with Gasteiger partial charge in [-0.2, -0.15) is 0 Å². The van der Waals surface area contributed by atoms with E-state index in [-0.39, 0.29) is 0 Å². The first-order chi connectivity index (χ1) is 5.25. The molecule has 1 atom stereocenters. The number of hydrogen-bond acceptors (Lipinski definition) is 1. The fourth-order valence-corrected chi connectivity index (χ4v) is 1.46. The van der Waals surface area contributed by atoms with E-state index in [9.17, 15) is 0 Å². The van der Waals surface area contributed by atoms with Gasteiger partial charge < -0.3 is 4.98 Å². The normalized spacial score (nSPS) is 21.8. The lowest BCUT2D eigenvalue weighted by Gasteiger charge is -2.02. The fourth-order valence-electron chi connectivity index (χ4n) is 1.46. The minimum Gasteiger partial charge on any atom is -0.342 e. The molecule has 1 aliphatic rings. The summed E-state index contributed by atoms with van der Waals surface area (Å²) in [6, 6.07) is 0. The van der Waals surface area contributed by atoms with Crippen LogP contribution in [0.5, 0.6) is 0 Å². The Morgan fingerprint density at radius 3 is 3.27 bits per heavy atom. The number of nitrogens with one attached hydrogen (secondary N) is 1. The van der Waals surface area contributed by atoms with Gasteiger partial charge in [-0.05, 0) is 19.3 Å². The maximum atomic E-state index is 4.34. The van der Waals surface area contributed by atoms with Gasteiger partial charge in [-0.3, -0.25) is 0 Å². The van der Waals surface area contributed by atoms with E-state index in [0.29, 0.717) is 5.92 Å². The van der Waals surface area contributed by atoms with Crippen LogP contribution in [0.3, 0.4) is 0 Å². The van der Waals surface area contributed by atoms with Gasteiger partial charge in [-0.25, -0.2) is 4.98 Å². The van der Waals surface area contributed by atoms with Gasteiger partial charge in [0.2, 0.25) is 0 Å². The number of nitrogens with zero attached hydrogens (tertiary/aromatic N) is 1. The van der Waals surface area contributed by atoms with Crippen LogP contribution >= 0.6 is 0 Å². The highest BCUT2D eigenvalue weighted by Crippen LogP contribution is 2.04. The van der Waals surface area contributed by atoms with E-state index in [4.69, 9.17) is 0 Å². The Morgan fingerprint density at radius 2 is 2.45 bits per heavy atom. The Hall–Kier alpha value is -1.05. The summed E-state index contributed by atoms with van der Waals surface area (Å²) >= 11 is 0. The molecule has 58 valence electrons. The number of aromatic amines is 1. The van der Waals surface area contributed by atoms with Crippen LogP contribution in [0, 0.1) is 12.8 Å². The van der Waals surface area contributed by atoms with Crippen molar-refractivity contribution < 1.29 is 0 Å². The van der Waals surface area contributed by atoms with E-state index in [2.05, 4.69) is 29.0 Å². The molecule has 0 aromatic carbocycles. The summed E-state index contributed by atoms with van der Waals surface area (Å²) in [4.78, 5) is 7.57. The van der Waals surface area contributed by atoms with Crippen LogP contribution in [0.4, 0.5) is 0 Å². The van der Waals surface area contributed by atoms with Gasteiger partial charge in [0.25, 0.3) is 0 Å². The zero-order valence-corrected chi connectivity index (χ0v) is 6.89. The molecule has 0 radical (unpaired) electrons. The van der Waals surface area contributed by atoms with E-state index in [1.165, 1.54) is 5.35 Å². The molecule has 0 amide bonds. The topological polar surface area (TPSA) is 28.7 Å². The van der Waals surface area contributed by atoms with E-state index < -0.39 is 0 Å². The molecule has 1 heterocycles. The van der Waals surface area contributed by atoms with E-state index in [0.717, 1.165) is 17.6 Å². The molecule has 0 spiro atoms. The Morgan fingerprint density at radius 1 is 1.64 bits per heavy atom. The molecule has 1 aromatic rings. The molecular weight excluding hydrogens is 136 g/mol. The first-order valence-corrected chi connectivity index (χ1v) is 4.00. The summed E-state index contributed by atoms with van der Waals surface area (Å²) in [6.07, 6.45) is 5.57. The van der Waals surface area contributed by atoms with Crippen LogP contribution in [0.25, 0.3) is 12.2 Å². The van der Waals surface area contributed by atoms with Crippen LogP contribution < -0.4 is 10.7 Å². The fraction of sp³-hybridized carbons (Fsp3) is 0.444. The first kappa shape index (κ1) is 6.65. The number of aromatic nitrogens is 2. The molecule has 2 rings (SSSR count). The van der Waals surface area contributed by atoms with Gasteiger partial charge in [0.15, 0.2) is 0 Å². The number of H-pyrrole nitrogens is 1. The van der Waals surface area contributed by atoms with Gasteiger partial charge in [-0.1, -0.05) is 19.1 Å². The molecule has 1 N–H and O–H groups in total. The van der Waals surface area contributed by atoms with Crippen LogP contribution in [-0.4, -0.2) is 9.97 Å². The standard InChI is InChI=1S/C9H12N2/c1-6-3-4-8-9(5-6)11-7(2)10-8/h4-6H,3H2,1-2H3,(H,10,11). The third-order valence-corrected chi connectivity index (χ3v) is 2.01. The predicted octanol–water partition coefficient (Wildman–Crippen LogP) is 0.319. The quantitative estimate of drug-likeness (QED) is 0.564. The number of fused-ring (bicyclic) bond motifs is 1. The van der Waals surface area contributed by atoms with Crippen molar-refractivity contribution in [3.05, 3.63) is 16.5 Å². The Bertz CT molecular complexity index is 373. The number of hydrogen-bond donors (Lipinski definition) is 1. The minimum atomic E-state index is 0.655. The molecule has 2 nitrogen and oxygen atoms in total. The summed E-state index contributed by atoms with van der Waals surface area (Å²) < 4.78 is 0. The maximum Gasteiger partial charge on any atom is 0.104 e. The van der Waals surface area contributed by atoms with E-state index in [1.54, 1.807) is 0 Å². The first-order valence-electron chi connectivity index (χ1n) is 4.00. The van der Waals surface area contributed by atoms with Gasteiger partial charge in [0.1, 0.15) is 5.82 Å². The average molecular weight is 148 g/mol. The lowest BCUT2D eigenvalue weighted by Crippen LogP contribution is -2.28. The van der Waals surface area contributed by atoms with Crippen LogP contribution in [-0.2, 0) is 0 Å². The highest BCUT2D eigenvalue weighted by atomic mass is 14.9. The number of imidazole rings is 1. The SMILES string of the molecule is Cc1nc2c([nH]1)=CC(C)CC=2. The lowest BCUT2D eigenvalue weighted by molar-refractivity contribution is 0.795. The molecule has 1 aromatic heterocycles. The molecule has 1 unspecified atom stereocenters. The third-order valence-electron chi connectivity index (χ3n) is 2.01.